The molecule has 1 atom stereocenters. The topological polar surface area (TPSA) is 115 Å². The Bertz CT molecular complexity index is 1260. The number of rotatable bonds is 12. The van der Waals surface area contributed by atoms with Gasteiger partial charge in [-0.2, -0.15) is 0 Å². The molecule has 3 heterocycles. The van der Waals surface area contributed by atoms with E-state index in [9.17, 15) is 0 Å². The summed E-state index contributed by atoms with van der Waals surface area (Å²) in [6.45, 7) is 9.60. The van der Waals surface area contributed by atoms with E-state index in [1.807, 2.05) is 12.1 Å². The minimum Gasteiger partial charge on any atom is -0.455 e. The molecule has 0 amide bonds. The molecule has 0 bridgehead atoms. The Hall–Kier alpha value is -3.38. The fraction of sp³-hybridized carbons (Fsp3) is 0.467. The quantitative estimate of drug-likeness (QED) is 0.105. The van der Waals surface area contributed by atoms with E-state index >= 15 is 0 Å². The van der Waals surface area contributed by atoms with Crippen LogP contribution in [0.2, 0.25) is 0 Å². The van der Waals surface area contributed by atoms with Gasteiger partial charge in [0, 0.05) is 55.1 Å². The van der Waals surface area contributed by atoms with Gasteiger partial charge in [-0.3, -0.25) is 4.90 Å². The normalized spacial score (nSPS) is 17.4. The van der Waals surface area contributed by atoms with Crippen molar-refractivity contribution in [1.82, 2.24) is 9.88 Å². The summed E-state index contributed by atoms with van der Waals surface area (Å²) in [6, 6.07) is 15.2. The predicted molar refractivity (Wildman–Crippen MR) is 160 cm³/mol. The third kappa shape index (κ3) is 7.88. The zero-order valence-corrected chi connectivity index (χ0v) is 24.4. The van der Waals surface area contributed by atoms with Crippen molar-refractivity contribution < 1.29 is 24.2 Å². The van der Waals surface area contributed by atoms with Gasteiger partial charge in [-0.05, 0) is 55.0 Å². The fourth-order valence-electron chi connectivity index (χ4n) is 4.79. The first-order valence-electron chi connectivity index (χ1n) is 14.3. The van der Waals surface area contributed by atoms with Crippen LogP contribution in [0.1, 0.15) is 36.6 Å². The summed E-state index contributed by atoms with van der Waals surface area (Å²) >= 11 is 1.78. The summed E-state index contributed by atoms with van der Waals surface area (Å²) in [4.78, 5) is 11.1. The van der Waals surface area contributed by atoms with Gasteiger partial charge in [-0.15, -0.1) is 0 Å². The standard InChI is InChI=1S/C30H39N5O5S/c1-2-3-4-27(40-25-11-7-23(8-12-25)29(31)33-36)39-24-9-5-22(6-10-24)28-26(21-34-13-17-37-18-14-34)41-30(32-28)35-15-19-38-20-16-35/h5-12,27,36H,2-4,13-21H2,1H3,(H2,31,33). The van der Waals surface area contributed by atoms with Gasteiger partial charge in [0.1, 0.15) is 11.5 Å². The van der Waals surface area contributed by atoms with Gasteiger partial charge in [-0.25, -0.2) is 4.98 Å². The van der Waals surface area contributed by atoms with E-state index in [-0.39, 0.29) is 5.84 Å². The molecule has 11 heteroatoms. The Kier molecular flexibility index (Phi) is 10.3. The number of hydrogen-bond donors (Lipinski definition) is 2. The molecule has 2 fully saturated rings. The third-order valence-electron chi connectivity index (χ3n) is 7.15. The second-order valence-electron chi connectivity index (χ2n) is 10.1. The highest BCUT2D eigenvalue weighted by molar-refractivity contribution is 7.16. The largest absolute Gasteiger partial charge is 0.455 e. The minimum atomic E-state index is -0.445. The Morgan fingerprint density at radius 2 is 1.59 bits per heavy atom. The van der Waals surface area contributed by atoms with Gasteiger partial charge in [0.05, 0.1) is 32.1 Å². The van der Waals surface area contributed by atoms with E-state index in [1.165, 1.54) is 4.88 Å². The highest BCUT2D eigenvalue weighted by Crippen LogP contribution is 2.35. The van der Waals surface area contributed by atoms with Crippen molar-refractivity contribution in [3.05, 3.63) is 59.0 Å². The highest BCUT2D eigenvalue weighted by atomic mass is 32.1. The van der Waals surface area contributed by atoms with Crippen LogP contribution in [0.5, 0.6) is 11.5 Å². The average molecular weight is 582 g/mol. The Morgan fingerprint density at radius 1 is 0.976 bits per heavy atom. The van der Waals surface area contributed by atoms with Crippen molar-refractivity contribution in [3.8, 4) is 22.8 Å². The number of nitrogens with two attached hydrogens (primary N) is 1. The summed E-state index contributed by atoms with van der Waals surface area (Å²) in [5.74, 6) is 1.45. The zero-order valence-electron chi connectivity index (χ0n) is 23.5. The summed E-state index contributed by atoms with van der Waals surface area (Å²) in [5.41, 5.74) is 8.40. The van der Waals surface area contributed by atoms with Crippen molar-refractivity contribution in [2.24, 2.45) is 10.9 Å². The van der Waals surface area contributed by atoms with Crippen LogP contribution >= 0.6 is 11.3 Å². The van der Waals surface area contributed by atoms with Crippen LogP contribution in [0.3, 0.4) is 0 Å². The molecular formula is C30H39N5O5S. The lowest BCUT2D eigenvalue weighted by Crippen LogP contribution is -2.36. The molecule has 3 aromatic rings. The van der Waals surface area contributed by atoms with Gasteiger partial charge in [0.2, 0.25) is 6.29 Å². The summed E-state index contributed by atoms with van der Waals surface area (Å²) in [6.07, 6.45) is 2.31. The molecule has 0 saturated carbocycles. The van der Waals surface area contributed by atoms with E-state index < -0.39 is 6.29 Å². The number of thiazole rings is 1. The number of ether oxygens (including phenoxy) is 4. The van der Waals surface area contributed by atoms with Crippen LogP contribution in [-0.2, 0) is 16.0 Å². The molecule has 5 rings (SSSR count). The van der Waals surface area contributed by atoms with Crippen LogP contribution in [0.4, 0.5) is 5.13 Å². The molecule has 1 unspecified atom stereocenters. The molecule has 0 radical (unpaired) electrons. The first-order valence-corrected chi connectivity index (χ1v) is 15.1. The fourth-order valence-corrected chi connectivity index (χ4v) is 5.97. The maximum absolute atomic E-state index is 8.90. The SMILES string of the molecule is CCCCC(Oc1ccc(C(N)=NO)cc1)Oc1ccc(-c2nc(N3CCOCC3)sc2CN2CCOCC2)cc1. The lowest BCUT2D eigenvalue weighted by molar-refractivity contribution is -0.00211. The molecule has 3 N–H and O–H groups in total. The number of amidine groups is 1. The summed E-state index contributed by atoms with van der Waals surface area (Å²) in [7, 11) is 0. The molecule has 2 saturated heterocycles. The Morgan fingerprint density at radius 3 is 2.20 bits per heavy atom. The molecule has 0 aliphatic carbocycles. The first kappa shape index (κ1) is 29.1. The van der Waals surface area contributed by atoms with Crippen molar-refractivity contribution >= 4 is 22.3 Å². The van der Waals surface area contributed by atoms with E-state index in [0.717, 1.165) is 101 Å². The van der Waals surface area contributed by atoms with Crippen LogP contribution in [0.15, 0.2) is 53.7 Å². The molecule has 1 aromatic heterocycles. The molecule has 2 aromatic carbocycles. The third-order valence-corrected chi connectivity index (χ3v) is 8.25. The van der Waals surface area contributed by atoms with Crippen molar-refractivity contribution in [2.75, 3.05) is 57.5 Å². The van der Waals surface area contributed by atoms with Crippen molar-refractivity contribution in [2.45, 2.75) is 39.0 Å². The number of anilines is 1. The monoisotopic (exact) mass is 581 g/mol. The maximum Gasteiger partial charge on any atom is 0.241 e. The lowest BCUT2D eigenvalue weighted by atomic mass is 10.1. The molecule has 220 valence electrons. The zero-order chi connectivity index (χ0) is 28.4. The van der Waals surface area contributed by atoms with E-state index in [1.54, 1.807) is 35.6 Å². The van der Waals surface area contributed by atoms with Gasteiger partial charge in [0.15, 0.2) is 11.0 Å². The molecule has 41 heavy (non-hydrogen) atoms. The number of aromatic nitrogens is 1. The van der Waals surface area contributed by atoms with Crippen molar-refractivity contribution in [1.29, 1.82) is 0 Å². The number of unbranched alkanes of at least 4 members (excludes halogenated alkanes) is 1. The Labute approximate surface area is 245 Å². The summed E-state index contributed by atoms with van der Waals surface area (Å²) in [5, 5.41) is 13.0. The molecular weight excluding hydrogens is 542 g/mol. The molecule has 2 aliphatic rings. The number of nitrogens with zero attached hydrogens (tertiary/aromatic N) is 4. The van der Waals surface area contributed by atoms with Crippen LogP contribution in [-0.4, -0.2) is 79.8 Å². The average Bonchev–Trinajstić information content (AvgIpc) is 3.44. The molecule has 0 spiro atoms. The molecule has 2 aliphatic heterocycles. The number of morpholine rings is 2. The first-order chi connectivity index (χ1) is 20.1. The second kappa shape index (κ2) is 14.5. The van der Waals surface area contributed by atoms with Crippen LogP contribution in [0, 0.1) is 0 Å². The van der Waals surface area contributed by atoms with Crippen molar-refractivity contribution in [3.63, 3.8) is 0 Å². The predicted octanol–water partition coefficient (Wildman–Crippen LogP) is 4.55. The number of hydrogen-bond acceptors (Lipinski definition) is 10. The highest BCUT2D eigenvalue weighted by Gasteiger charge is 2.22. The smallest absolute Gasteiger partial charge is 0.241 e. The number of oxime groups is 1. The molecule has 10 nitrogen and oxygen atoms in total. The van der Waals surface area contributed by atoms with Gasteiger partial charge < -0.3 is 34.8 Å². The lowest BCUT2D eigenvalue weighted by Gasteiger charge is -2.26. The summed E-state index contributed by atoms with van der Waals surface area (Å²) < 4.78 is 23.6. The van der Waals surface area contributed by atoms with Gasteiger partial charge in [0.25, 0.3) is 0 Å². The Balaban J connectivity index is 1.31. The second-order valence-corrected chi connectivity index (χ2v) is 11.2. The maximum atomic E-state index is 8.90. The van der Waals surface area contributed by atoms with Crippen LogP contribution < -0.4 is 20.1 Å². The van der Waals surface area contributed by atoms with Crippen LogP contribution in [0.25, 0.3) is 11.3 Å². The van der Waals surface area contributed by atoms with E-state index in [2.05, 4.69) is 34.0 Å². The van der Waals surface area contributed by atoms with Gasteiger partial charge >= 0.3 is 0 Å². The number of benzene rings is 2. The minimum absolute atomic E-state index is 0.0562. The van der Waals surface area contributed by atoms with E-state index in [0.29, 0.717) is 11.3 Å². The van der Waals surface area contributed by atoms with E-state index in [4.69, 9.17) is 34.9 Å². The van der Waals surface area contributed by atoms with Gasteiger partial charge in [-0.1, -0.05) is 29.8 Å².